The molecule has 3 aromatic carbocycles. The van der Waals surface area contributed by atoms with E-state index in [4.69, 9.17) is 11.6 Å². The zero-order chi connectivity index (χ0) is 22.9. The zero-order valence-electron chi connectivity index (χ0n) is 17.4. The van der Waals surface area contributed by atoms with Crippen LogP contribution in [0, 0.1) is 6.92 Å². The van der Waals surface area contributed by atoms with Gasteiger partial charge >= 0.3 is 0 Å². The number of nitrogens with zero attached hydrogens (tertiary/aromatic N) is 1. The van der Waals surface area contributed by atoms with E-state index in [-0.39, 0.29) is 11.4 Å². The molecule has 0 aliphatic carbocycles. The quantitative estimate of drug-likeness (QED) is 0.515. The molecule has 5 nitrogen and oxygen atoms in total. The van der Waals surface area contributed by atoms with E-state index in [1.165, 1.54) is 10.4 Å². The number of nitrogens with one attached hydrogen (secondary N) is 1. The molecule has 7 heteroatoms. The summed E-state index contributed by atoms with van der Waals surface area (Å²) < 4.78 is 28.7. The van der Waals surface area contributed by atoms with Crippen molar-refractivity contribution in [2.45, 2.75) is 6.92 Å². The van der Waals surface area contributed by atoms with Crippen molar-refractivity contribution in [3.8, 4) is 0 Å². The van der Waals surface area contributed by atoms with Crippen molar-refractivity contribution in [1.29, 1.82) is 0 Å². The Kier molecular flexibility index (Phi) is 5.91. The summed E-state index contributed by atoms with van der Waals surface area (Å²) in [6, 6.07) is 21.2. The fraction of sp³-hybridized carbons (Fsp3) is 0.0800. The maximum absolute atomic E-state index is 13.8. The molecule has 3 aromatic rings. The summed E-state index contributed by atoms with van der Waals surface area (Å²) in [6.07, 6.45) is 1.49. The van der Waals surface area contributed by atoms with Gasteiger partial charge in [0.05, 0.1) is 12.2 Å². The molecule has 0 bridgehead atoms. The predicted octanol–water partition coefficient (Wildman–Crippen LogP) is 5.38. The van der Waals surface area contributed by atoms with Gasteiger partial charge < -0.3 is 5.32 Å². The summed E-state index contributed by atoms with van der Waals surface area (Å²) in [7, 11) is -4.20. The Morgan fingerprint density at radius 3 is 2.44 bits per heavy atom. The van der Waals surface area contributed by atoms with Crippen molar-refractivity contribution >= 4 is 44.5 Å². The van der Waals surface area contributed by atoms with Gasteiger partial charge in [0.1, 0.15) is 0 Å². The highest BCUT2D eigenvalue weighted by Crippen LogP contribution is 2.44. The van der Waals surface area contributed by atoms with Gasteiger partial charge in [-0.15, -0.1) is 6.58 Å². The van der Waals surface area contributed by atoms with Crippen molar-refractivity contribution in [3.05, 3.63) is 112 Å². The first-order chi connectivity index (χ1) is 15.3. The third-order valence-electron chi connectivity index (χ3n) is 5.23. The third kappa shape index (κ3) is 3.83. The first-order valence-electron chi connectivity index (χ1n) is 9.95. The Balaban J connectivity index is 2.03. The molecule has 0 unspecified atom stereocenters. The van der Waals surface area contributed by atoms with E-state index in [1.54, 1.807) is 54.6 Å². The number of carbonyl (C=O) groups is 1. The summed E-state index contributed by atoms with van der Waals surface area (Å²) in [5.41, 5.74) is 3.29. The fourth-order valence-corrected chi connectivity index (χ4v) is 5.63. The number of benzene rings is 3. The van der Waals surface area contributed by atoms with Crippen LogP contribution in [0.25, 0.3) is 5.57 Å². The lowest BCUT2D eigenvalue weighted by molar-refractivity contribution is -0.112. The molecule has 4 rings (SSSR count). The molecule has 1 N–H and O–H groups in total. The molecule has 0 saturated heterocycles. The van der Waals surface area contributed by atoms with E-state index in [1.807, 2.05) is 25.1 Å². The molecule has 0 atom stereocenters. The molecule has 0 radical (unpaired) electrons. The van der Waals surface area contributed by atoms with Crippen LogP contribution in [0.5, 0.6) is 0 Å². The summed E-state index contributed by atoms with van der Waals surface area (Å²) in [5, 5.41) is 3.22. The maximum atomic E-state index is 13.8. The second kappa shape index (κ2) is 8.65. The largest absolute Gasteiger partial charge is 0.321 e. The molecule has 1 aliphatic rings. The molecule has 1 amide bonds. The summed E-state index contributed by atoms with van der Waals surface area (Å²) in [6.45, 7) is 5.55. The number of para-hydroxylation sites is 1. The fourth-order valence-electron chi connectivity index (χ4n) is 3.74. The number of fused-ring (bicyclic) bond motifs is 1. The van der Waals surface area contributed by atoms with Crippen LogP contribution in [0.1, 0.15) is 16.7 Å². The molecule has 0 aromatic heterocycles. The van der Waals surface area contributed by atoms with E-state index >= 15 is 0 Å². The van der Waals surface area contributed by atoms with Crippen LogP contribution in [0.4, 0.5) is 11.4 Å². The van der Waals surface area contributed by atoms with Gasteiger partial charge in [0, 0.05) is 21.8 Å². The SMILES string of the molecule is C=CCN1c2ccc(Cl)cc2C(c2ccccc2)=C(C(=O)Nc2ccccc2C)S1(=O)=O. The summed E-state index contributed by atoms with van der Waals surface area (Å²) >= 11 is 6.29. The van der Waals surface area contributed by atoms with Crippen molar-refractivity contribution in [1.82, 2.24) is 0 Å². The number of amides is 1. The summed E-state index contributed by atoms with van der Waals surface area (Å²) in [4.78, 5) is 13.2. The molecule has 1 heterocycles. The van der Waals surface area contributed by atoms with Crippen molar-refractivity contribution in [3.63, 3.8) is 0 Å². The number of aryl methyl sites for hydroxylation is 1. The number of carbonyl (C=O) groups excluding carboxylic acids is 1. The summed E-state index contributed by atoms with van der Waals surface area (Å²) in [5.74, 6) is -0.710. The van der Waals surface area contributed by atoms with Crippen LogP contribution >= 0.6 is 11.6 Å². The van der Waals surface area contributed by atoms with Gasteiger partial charge in [0.25, 0.3) is 15.9 Å². The molecule has 0 fully saturated rings. The van der Waals surface area contributed by atoms with Crippen LogP contribution < -0.4 is 9.62 Å². The van der Waals surface area contributed by atoms with Gasteiger partial charge in [-0.25, -0.2) is 8.42 Å². The van der Waals surface area contributed by atoms with Gasteiger partial charge in [-0.05, 0) is 42.3 Å². The highest BCUT2D eigenvalue weighted by Gasteiger charge is 2.41. The highest BCUT2D eigenvalue weighted by molar-refractivity contribution is 7.97. The molecular formula is C25H21ClN2O3S. The Morgan fingerprint density at radius 1 is 1.06 bits per heavy atom. The van der Waals surface area contributed by atoms with Crippen LogP contribution in [0.2, 0.25) is 5.02 Å². The normalized spacial score (nSPS) is 14.6. The lowest BCUT2D eigenvalue weighted by atomic mass is 9.95. The minimum Gasteiger partial charge on any atom is -0.321 e. The van der Waals surface area contributed by atoms with Crippen molar-refractivity contribution < 1.29 is 13.2 Å². The van der Waals surface area contributed by atoms with E-state index in [9.17, 15) is 13.2 Å². The number of halogens is 1. The van der Waals surface area contributed by atoms with Crippen molar-refractivity contribution in [2.75, 3.05) is 16.2 Å². The first-order valence-corrected chi connectivity index (χ1v) is 11.8. The number of sulfonamides is 1. The number of rotatable bonds is 5. The van der Waals surface area contributed by atoms with E-state index in [0.29, 0.717) is 33.1 Å². The number of anilines is 2. The van der Waals surface area contributed by atoms with Gasteiger partial charge in [-0.2, -0.15) is 0 Å². The van der Waals surface area contributed by atoms with Crippen molar-refractivity contribution in [2.24, 2.45) is 0 Å². The number of hydrogen-bond donors (Lipinski definition) is 1. The number of hydrogen-bond acceptors (Lipinski definition) is 3. The zero-order valence-corrected chi connectivity index (χ0v) is 19.0. The molecule has 1 aliphatic heterocycles. The van der Waals surface area contributed by atoms with Gasteiger partial charge in [0.2, 0.25) is 0 Å². The second-order valence-electron chi connectivity index (χ2n) is 7.33. The van der Waals surface area contributed by atoms with E-state index in [0.717, 1.165) is 5.56 Å². The Hall–Kier alpha value is -3.35. The first kappa shape index (κ1) is 21.9. The van der Waals surface area contributed by atoms with E-state index < -0.39 is 15.9 Å². The standard InChI is InChI=1S/C25H21ClN2O3S/c1-3-15-28-22-14-13-19(26)16-20(22)23(18-10-5-4-6-11-18)24(32(28,30)31)25(29)27-21-12-8-7-9-17(21)2/h3-14,16H,1,15H2,2H3,(H,27,29). The van der Waals surface area contributed by atoms with Crippen LogP contribution in [0.15, 0.2) is 90.4 Å². The molecule has 32 heavy (non-hydrogen) atoms. The van der Waals surface area contributed by atoms with Gasteiger partial charge in [-0.1, -0.05) is 66.2 Å². The lowest BCUT2D eigenvalue weighted by Crippen LogP contribution is -2.39. The smallest absolute Gasteiger partial charge is 0.270 e. The predicted molar refractivity (Wildman–Crippen MR) is 130 cm³/mol. The topological polar surface area (TPSA) is 66.5 Å². The average Bonchev–Trinajstić information content (AvgIpc) is 2.77. The Bertz CT molecular complexity index is 1350. The highest BCUT2D eigenvalue weighted by atomic mass is 35.5. The van der Waals surface area contributed by atoms with Gasteiger partial charge in [0.15, 0.2) is 4.91 Å². The molecule has 0 saturated carbocycles. The van der Waals surface area contributed by atoms with Gasteiger partial charge in [-0.3, -0.25) is 9.10 Å². The van der Waals surface area contributed by atoms with E-state index in [2.05, 4.69) is 11.9 Å². The van der Waals surface area contributed by atoms with Crippen LogP contribution in [-0.2, 0) is 14.8 Å². The minimum atomic E-state index is -4.20. The van der Waals surface area contributed by atoms with Crippen LogP contribution in [0.3, 0.4) is 0 Å². The molecule has 0 spiro atoms. The monoisotopic (exact) mass is 464 g/mol. The second-order valence-corrected chi connectivity index (χ2v) is 9.56. The molecule has 162 valence electrons. The van der Waals surface area contributed by atoms with Crippen LogP contribution in [-0.4, -0.2) is 20.9 Å². The lowest BCUT2D eigenvalue weighted by Gasteiger charge is -2.33. The minimum absolute atomic E-state index is 0.0141. The third-order valence-corrected chi connectivity index (χ3v) is 7.30. The Morgan fingerprint density at radius 2 is 1.75 bits per heavy atom. The molecular weight excluding hydrogens is 444 g/mol. The maximum Gasteiger partial charge on any atom is 0.270 e. The Labute approximate surface area is 192 Å². The average molecular weight is 465 g/mol.